The fourth-order valence-electron chi connectivity index (χ4n) is 2.70. The summed E-state index contributed by atoms with van der Waals surface area (Å²) in [6, 6.07) is -0.0637. The van der Waals surface area contributed by atoms with Gasteiger partial charge >= 0.3 is 5.97 Å². The zero-order valence-corrected chi connectivity index (χ0v) is 7.59. The quantitative estimate of drug-likeness (QED) is 0.647. The molecule has 3 N–H and O–H groups in total. The second-order valence-corrected chi connectivity index (χ2v) is 3.77. The topological polar surface area (TPSA) is 63.3 Å². The average Bonchev–Trinajstić information content (AvgIpc) is 2.44. The first kappa shape index (κ1) is 9.81. The van der Waals surface area contributed by atoms with Crippen LogP contribution in [0.5, 0.6) is 0 Å². The standard InChI is InChI=1S/C8H13NO2.ClH/c9-7-5-2-1-4(3-5)6(7)8(10)11;/h4-7H,1-3,9H2,(H,10,11);1H/t4-,5+,6+,7-;/m1./s1. The summed E-state index contributed by atoms with van der Waals surface area (Å²) < 4.78 is 0. The first-order chi connectivity index (χ1) is 5.20. The molecule has 0 aromatic heterocycles. The first-order valence-electron chi connectivity index (χ1n) is 4.18. The summed E-state index contributed by atoms with van der Waals surface area (Å²) in [5, 5.41) is 8.83. The monoisotopic (exact) mass is 191 g/mol. The number of nitrogens with two attached hydrogens (primary N) is 1. The van der Waals surface area contributed by atoms with Gasteiger partial charge in [-0.3, -0.25) is 4.79 Å². The molecule has 0 spiro atoms. The van der Waals surface area contributed by atoms with Crippen molar-refractivity contribution in [2.45, 2.75) is 25.3 Å². The molecule has 2 rings (SSSR count). The Morgan fingerprint density at radius 2 is 1.92 bits per heavy atom. The van der Waals surface area contributed by atoms with Gasteiger partial charge in [-0.15, -0.1) is 12.4 Å². The third-order valence-corrected chi connectivity index (χ3v) is 3.27. The van der Waals surface area contributed by atoms with E-state index in [9.17, 15) is 4.79 Å². The number of carbonyl (C=O) groups is 1. The number of carboxylic acids is 1. The Morgan fingerprint density at radius 1 is 1.33 bits per heavy atom. The van der Waals surface area contributed by atoms with Gasteiger partial charge in [0.25, 0.3) is 0 Å². The van der Waals surface area contributed by atoms with Crippen molar-refractivity contribution in [2.24, 2.45) is 23.5 Å². The van der Waals surface area contributed by atoms with Crippen molar-refractivity contribution in [1.82, 2.24) is 0 Å². The van der Waals surface area contributed by atoms with Crippen LogP contribution in [0.15, 0.2) is 0 Å². The van der Waals surface area contributed by atoms with Crippen molar-refractivity contribution >= 4 is 18.4 Å². The van der Waals surface area contributed by atoms with E-state index in [1.807, 2.05) is 0 Å². The lowest BCUT2D eigenvalue weighted by Gasteiger charge is -2.23. The summed E-state index contributed by atoms with van der Waals surface area (Å²) in [6.07, 6.45) is 3.28. The molecule has 4 atom stereocenters. The summed E-state index contributed by atoms with van der Waals surface area (Å²) in [5.41, 5.74) is 5.78. The van der Waals surface area contributed by atoms with Crippen LogP contribution in [-0.4, -0.2) is 17.1 Å². The van der Waals surface area contributed by atoms with Gasteiger partial charge in [-0.25, -0.2) is 0 Å². The summed E-state index contributed by atoms with van der Waals surface area (Å²) in [4.78, 5) is 10.7. The Balaban J connectivity index is 0.000000720. The lowest BCUT2D eigenvalue weighted by Crippen LogP contribution is -2.40. The third kappa shape index (κ3) is 1.21. The highest BCUT2D eigenvalue weighted by Crippen LogP contribution is 2.47. The second kappa shape index (κ2) is 3.23. The van der Waals surface area contributed by atoms with Crippen LogP contribution in [0, 0.1) is 17.8 Å². The SMILES string of the molecule is Cl.N[C@@H]1[C@H]2CC[C@H](C2)[C@@H]1C(=O)O. The van der Waals surface area contributed by atoms with E-state index in [0.717, 1.165) is 19.3 Å². The van der Waals surface area contributed by atoms with Crippen molar-refractivity contribution in [3.8, 4) is 0 Å². The van der Waals surface area contributed by atoms with Crippen LogP contribution in [0.25, 0.3) is 0 Å². The van der Waals surface area contributed by atoms with Gasteiger partial charge in [-0.1, -0.05) is 0 Å². The van der Waals surface area contributed by atoms with Crippen molar-refractivity contribution in [1.29, 1.82) is 0 Å². The number of hydrogen-bond acceptors (Lipinski definition) is 2. The Kier molecular flexibility index (Phi) is 2.64. The molecule has 2 saturated carbocycles. The molecular formula is C8H14ClNO2. The van der Waals surface area contributed by atoms with E-state index in [0.29, 0.717) is 11.8 Å². The summed E-state index contributed by atoms with van der Waals surface area (Å²) in [6.45, 7) is 0. The van der Waals surface area contributed by atoms with Crippen LogP contribution in [-0.2, 0) is 4.79 Å². The van der Waals surface area contributed by atoms with E-state index in [1.165, 1.54) is 0 Å². The van der Waals surface area contributed by atoms with Gasteiger partial charge in [0.15, 0.2) is 0 Å². The van der Waals surface area contributed by atoms with Gasteiger partial charge in [-0.2, -0.15) is 0 Å². The minimum atomic E-state index is -0.690. The van der Waals surface area contributed by atoms with Gasteiger partial charge in [0, 0.05) is 6.04 Å². The fourth-order valence-corrected chi connectivity index (χ4v) is 2.70. The predicted octanol–water partition coefficient (Wildman–Crippen LogP) is 0.866. The van der Waals surface area contributed by atoms with E-state index >= 15 is 0 Å². The lowest BCUT2D eigenvalue weighted by atomic mass is 9.85. The molecule has 3 nitrogen and oxygen atoms in total. The molecule has 2 fully saturated rings. The molecule has 12 heavy (non-hydrogen) atoms. The fraction of sp³-hybridized carbons (Fsp3) is 0.875. The molecule has 0 radical (unpaired) electrons. The highest BCUT2D eigenvalue weighted by atomic mass is 35.5. The molecule has 0 unspecified atom stereocenters. The molecule has 2 aliphatic rings. The van der Waals surface area contributed by atoms with E-state index < -0.39 is 5.97 Å². The van der Waals surface area contributed by atoms with E-state index in [2.05, 4.69) is 0 Å². The Hall–Kier alpha value is -0.280. The molecule has 0 aromatic rings. The minimum Gasteiger partial charge on any atom is -0.481 e. The molecule has 0 saturated heterocycles. The predicted molar refractivity (Wildman–Crippen MR) is 47.2 cm³/mol. The number of hydrogen-bond donors (Lipinski definition) is 2. The summed E-state index contributed by atoms with van der Waals surface area (Å²) >= 11 is 0. The van der Waals surface area contributed by atoms with Gasteiger partial charge in [-0.05, 0) is 31.1 Å². The molecule has 2 bridgehead atoms. The van der Waals surface area contributed by atoms with Gasteiger partial charge in [0.05, 0.1) is 5.92 Å². The average molecular weight is 192 g/mol. The van der Waals surface area contributed by atoms with E-state index in [1.54, 1.807) is 0 Å². The van der Waals surface area contributed by atoms with Gasteiger partial charge < -0.3 is 10.8 Å². The third-order valence-electron chi connectivity index (χ3n) is 3.27. The highest BCUT2D eigenvalue weighted by Gasteiger charge is 2.49. The van der Waals surface area contributed by atoms with Gasteiger partial charge in [0.2, 0.25) is 0 Å². The largest absolute Gasteiger partial charge is 0.481 e. The van der Waals surface area contributed by atoms with Gasteiger partial charge in [0.1, 0.15) is 0 Å². The second-order valence-electron chi connectivity index (χ2n) is 3.77. The first-order valence-corrected chi connectivity index (χ1v) is 4.18. The van der Waals surface area contributed by atoms with Crippen LogP contribution < -0.4 is 5.73 Å². The number of carboxylic acid groups (broad SMARTS) is 1. The minimum absolute atomic E-state index is 0. The van der Waals surface area contributed by atoms with Crippen LogP contribution in [0.2, 0.25) is 0 Å². The maximum Gasteiger partial charge on any atom is 0.308 e. The number of fused-ring (bicyclic) bond motifs is 2. The smallest absolute Gasteiger partial charge is 0.308 e. The normalized spacial score (nSPS) is 44.1. The highest BCUT2D eigenvalue weighted by molar-refractivity contribution is 5.85. The zero-order chi connectivity index (χ0) is 8.01. The Bertz CT molecular complexity index is 195. The van der Waals surface area contributed by atoms with Crippen molar-refractivity contribution in [3.63, 3.8) is 0 Å². The lowest BCUT2D eigenvalue weighted by molar-refractivity contribution is -0.144. The Morgan fingerprint density at radius 3 is 2.25 bits per heavy atom. The maximum absolute atomic E-state index is 10.7. The summed E-state index contributed by atoms with van der Waals surface area (Å²) in [5.74, 6) is -0.0490. The Labute approximate surface area is 77.7 Å². The molecule has 0 heterocycles. The number of aliphatic carboxylic acids is 1. The van der Waals surface area contributed by atoms with E-state index in [-0.39, 0.29) is 24.4 Å². The maximum atomic E-state index is 10.7. The molecule has 0 amide bonds. The van der Waals surface area contributed by atoms with Crippen LogP contribution in [0.1, 0.15) is 19.3 Å². The molecule has 0 aromatic carbocycles. The molecule has 0 aliphatic heterocycles. The van der Waals surface area contributed by atoms with E-state index in [4.69, 9.17) is 10.8 Å². The zero-order valence-electron chi connectivity index (χ0n) is 6.77. The van der Waals surface area contributed by atoms with Crippen molar-refractivity contribution < 1.29 is 9.90 Å². The molecule has 2 aliphatic carbocycles. The number of rotatable bonds is 1. The van der Waals surface area contributed by atoms with Crippen molar-refractivity contribution in [3.05, 3.63) is 0 Å². The van der Waals surface area contributed by atoms with Crippen LogP contribution in [0.3, 0.4) is 0 Å². The molecular weight excluding hydrogens is 178 g/mol. The summed E-state index contributed by atoms with van der Waals surface area (Å²) in [7, 11) is 0. The molecule has 70 valence electrons. The number of halogens is 1. The van der Waals surface area contributed by atoms with Crippen LogP contribution in [0.4, 0.5) is 0 Å². The van der Waals surface area contributed by atoms with Crippen LogP contribution >= 0.6 is 12.4 Å². The molecule has 4 heteroatoms. The van der Waals surface area contributed by atoms with Crippen molar-refractivity contribution in [2.75, 3.05) is 0 Å².